The molecule has 2 atom stereocenters. The van der Waals surface area contributed by atoms with E-state index in [1.165, 1.54) is 38.4 Å². The molecule has 0 N–H and O–H groups in total. The van der Waals surface area contributed by atoms with Crippen LogP contribution < -0.4 is 0 Å². The van der Waals surface area contributed by atoms with Crippen LogP contribution in [0.4, 0.5) is 0 Å². The molecular weight excluding hydrogens is 324 g/mol. The molecule has 0 aromatic heterocycles. The van der Waals surface area contributed by atoms with Gasteiger partial charge in [0.15, 0.2) is 0 Å². The SMILES string of the molecule is COC(=O)CS[C@@H]1CCCC[C@H]1SCc1ccccc1Cl. The van der Waals surface area contributed by atoms with Crippen LogP contribution in [0.1, 0.15) is 31.2 Å². The fourth-order valence-electron chi connectivity index (χ4n) is 2.49. The number of halogens is 1. The van der Waals surface area contributed by atoms with Gasteiger partial charge in [0, 0.05) is 21.3 Å². The van der Waals surface area contributed by atoms with Crippen molar-refractivity contribution in [3.8, 4) is 0 Å². The van der Waals surface area contributed by atoms with E-state index in [0.29, 0.717) is 16.3 Å². The molecule has 1 aromatic rings. The van der Waals surface area contributed by atoms with Crippen LogP contribution in [0.15, 0.2) is 24.3 Å². The van der Waals surface area contributed by atoms with E-state index >= 15 is 0 Å². The fraction of sp³-hybridized carbons (Fsp3) is 0.562. The van der Waals surface area contributed by atoms with Gasteiger partial charge in [-0.15, -0.1) is 11.8 Å². The van der Waals surface area contributed by atoms with Crippen LogP contribution in [0, 0.1) is 0 Å². The number of ether oxygens (including phenoxy) is 1. The molecule has 5 heteroatoms. The van der Waals surface area contributed by atoms with Crippen LogP contribution in [-0.4, -0.2) is 29.3 Å². The normalized spacial score (nSPS) is 22.0. The zero-order valence-electron chi connectivity index (χ0n) is 12.2. The van der Waals surface area contributed by atoms with Crippen molar-refractivity contribution in [3.05, 3.63) is 34.9 Å². The summed E-state index contributed by atoms with van der Waals surface area (Å²) in [5, 5.41) is 1.99. The summed E-state index contributed by atoms with van der Waals surface area (Å²) in [6.07, 6.45) is 4.98. The van der Waals surface area contributed by atoms with Gasteiger partial charge in [0.25, 0.3) is 0 Å². The van der Waals surface area contributed by atoms with E-state index in [1.54, 1.807) is 11.8 Å². The number of carbonyl (C=O) groups excluding carboxylic acids is 1. The predicted molar refractivity (Wildman–Crippen MR) is 93.3 cm³/mol. The third-order valence-corrected chi connectivity index (χ3v) is 7.10. The first-order chi connectivity index (χ1) is 10.2. The fourth-order valence-corrected chi connectivity index (χ4v) is 5.73. The summed E-state index contributed by atoms with van der Waals surface area (Å²) in [6.45, 7) is 0. The third kappa shape index (κ3) is 5.42. The Morgan fingerprint density at radius 3 is 2.57 bits per heavy atom. The van der Waals surface area contributed by atoms with E-state index < -0.39 is 0 Å². The second-order valence-electron chi connectivity index (χ2n) is 5.15. The van der Waals surface area contributed by atoms with Crippen molar-refractivity contribution in [1.82, 2.24) is 0 Å². The number of rotatable bonds is 6. The van der Waals surface area contributed by atoms with Crippen molar-refractivity contribution in [2.24, 2.45) is 0 Å². The lowest BCUT2D eigenvalue weighted by atomic mass is 10.00. The van der Waals surface area contributed by atoms with E-state index in [0.717, 1.165) is 10.8 Å². The minimum atomic E-state index is -0.125. The maximum atomic E-state index is 11.3. The number of hydrogen-bond acceptors (Lipinski definition) is 4. The van der Waals surface area contributed by atoms with E-state index in [9.17, 15) is 4.79 Å². The smallest absolute Gasteiger partial charge is 0.315 e. The van der Waals surface area contributed by atoms with Crippen molar-refractivity contribution < 1.29 is 9.53 Å². The number of esters is 1. The van der Waals surface area contributed by atoms with Crippen molar-refractivity contribution >= 4 is 41.1 Å². The van der Waals surface area contributed by atoms with Crippen molar-refractivity contribution in [3.63, 3.8) is 0 Å². The number of thioether (sulfide) groups is 2. The summed E-state index contributed by atoms with van der Waals surface area (Å²) in [7, 11) is 1.45. The molecular formula is C16H21ClO2S2. The maximum absolute atomic E-state index is 11.3. The average Bonchev–Trinajstić information content (AvgIpc) is 2.52. The molecule has 1 aliphatic rings. The lowest BCUT2D eigenvalue weighted by molar-refractivity contribution is -0.137. The van der Waals surface area contributed by atoms with Gasteiger partial charge in [-0.1, -0.05) is 42.6 Å². The summed E-state index contributed by atoms with van der Waals surface area (Å²) in [4.78, 5) is 11.3. The number of methoxy groups -OCH3 is 1. The highest BCUT2D eigenvalue weighted by Gasteiger charge is 2.26. The van der Waals surface area contributed by atoms with E-state index in [1.807, 2.05) is 30.0 Å². The molecule has 0 bridgehead atoms. The van der Waals surface area contributed by atoms with Crippen LogP contribution in [0.5, 0.6) is 0 Å². The molecule has 116 valence electrons. The average molecular weight is 345 g/mol. The van der Waals surface area contributed by atoms with Crippen LogP contribution >= 0.6 is 35.1 Å². The first-order valence-electron chi connectivity index (χ1n) is 7.24. The number of carbonyl (C=O) groups is 1. The first-order valence-corrected chi connectivity index (χ1v) is 9.71. The molecule has 1 aliphatic carbocycles. The molecule has 2 rings (SSSR count). The second-order valence-corrected chi connectivity index (χ2v) is 8.01. The predicted octanol–water partition coefficient (Wildman–Crippen LogP) is 4.79. The zero-order chi connectivity index (χ0) is 15.1. The molecule has 0 spiro atoms. The molecule has 1 saturated carbocycles. The summed E-state index contributed by atoms with van der Waals surface area (Å²) in [5.41, 5.74) is 1.20. The molecule has 0 heterocycles. The minimum Gasteiger partial charge on any atom is -0.468 e. The molecule has 0 radical (unpaired) electrons. The van der Waals surface area contributed by atoms with E-state index in [2.05, 4.69) is 6.07 Å². The molecule has 1 aromatic carbocycles. The lowest BCUT2D eigenvalue weighted by Gasteiger charge is -2.30. The van der Waals surface area contributed by atoms with Crippen LogP contribution in [0.3, 0.4) is 0 Å². The summed E-state index contributed by atoms with van der Waals surface area (Å²) in [6, 6.07) is 8.04. The highest BCUT2D eigenvalue weighted by molar-refractivity contribution is 8.03. The molecule has 21 heavy (non-hydrogen) atoms. The Morgan fingerprint density at radius 1 is 1.24 bits per heavy atom. The van der Waals surface area contributed by atoms with Crippen LogP contribution in [0.25, 0.3) is 0 Å². The standard InChI is InChI=1S/C16H21ClO2S2/c1-19-16(18)11-21-15-9-5-4-8-14(15)20-10-12-6-2-3-7-13(12)17/h2-3,6-7,14-15H,4-5,8-11H2,1H3/t14-,15-/m1/s1. The molecule has 0 amide bonds. The largest absolute Gasteiger partial charge is 0.468 e. The zero-order valence-corrected chi connectivity index (χ0v) is 14.6. The van der Waals surface area contributed by atoms with Gasteiger partial charge in [-0.3, -0.25) is 4.79 Å². The highest BCUT2D eigenvalue weighted by Crippen LogP contribution is 2.38. The quantitative estimate of drug-likeness (QED) is 0.693. The monoisotopic (exact) mass is 344 g/mol. The Balaban J connectivity index is 1.87. The number of benzene rings is 1. The Bertz CT molecular complexity index is 467. The maximum Gasteiger partial charge on any atom is 0.315 e. The van der Waals surface area contributed by atoms with Gasteiger partial charge in [0.1, 0.15) is 0 Å². The molecule has 1 fully saturated rings. The van der Waals surface area contributed by atoms with Crippen LogP contribution in [0.2, 0.25) is 5.02 Å². The third-order valence-electron chi connectivity index (χ3n) is 3.70. The van der Waals surface area contributed by atoms with E-state index in [-0.39, 0.29) is 5.97 Å². The van der Waals surface area contributed by atoms with Gasteiger partial charge in [0.2, 0.25) is 0 Å². The first kappa shape index (κ1) is 17.0. The van der Waals surface area contributed by atoms with Gasteiger partial charge in [-0.2, -0.15) is 11.8 Å². The van der Waals surface area contributed by atoms with Gasteiger partial charge >= 0.3 is 5.97 Å². The summed E-state index contributed by atoms with van der Waals surface area (Å²) < 4.78 is 4.74. The molecule has 0 unspecified atom stereocenters. The van der Waals surface area contributed by atoms with Crippen molar-refractivity contribution in [2.45, 2.75) is 41.9 Å². The van der Waals surface area contributed by atoms with Crippen molar-refractivity contribution in [1.29, 1.82) is 0 Å². The summed E-state index contributed by atoms with van der Waals surface area (Å²) in [5.74, 6) is 1.28. The molecule has 0 saturated heterocycles. The lowest BCUT2D eigenvalue weighted by Crippen LogP contribution is -2.26. The Labute approximate surface area is 140 Å². The van der Waals surface area contributed by atoms with Crippen molar-refractivity contribution in [2.75, 3.05) is 12.9 Å². The second kappa shape index (κ2) is 8.96. The Kier molecular flexibility index (Phi) is 7.27. The number of hydrogen-bond donors (Lipinski definition) is 0. The Hall–Kier alpha value is -0.320. The van der Waals surface area contributed by atoms with Gasteiger partial charge in [-0.25, -0.2) is 0 Å². The van der Waals surface area contributed by atoms with Gasteiger partial charge < -0.3 is 4.74 Å². The van der Waals surface area contributed by atoms with Gasteiger partial charge in [0.05, 0.1) is 12.9 Å². The molecule has 0 aliphatic heterocycles. The molecule has 2 nitrogen and oxygen atoms in total. The summed E-state index contributed by atoms with van der Waals surface area (Å²) >= 11 is 9.94. The minimum absolute atomic E-state index is 0.125. The van der Waals surface area contributed by atoms with Crippen LogP contribution in [-0.2, 0) is 15.3 Å². The topological polar surface area (TPSA) is 26.3 Å². The Morgan fingerprint density at radius 2 is 1.90 bits per heavy atom. The highest BCUT2D eigenvalue weighted by atomic mass is 35.5. The van der Waals surface area contributed by atoms with E-state index in [4.69, 9.17) is 16.3 Å². The van der Waals surface area contributed by atoms with Gasteiger partial charge in [-0.05, 0) is 24.5 Å².